The minimum absolute atomic E-state index is 0.0362. The minimum atomic E-state index is -4.30. The van der Waals surface area contributed by atoms with E-state index in [1.807, 2.05) is 0 Å². The van der Waals surface area contributed by atoms with Crippen LogP contribution in [0.1, 0.15) is 6.42 Å². The van der Waals surface area contributed by atoms with E-state index in [9.17, 15) is 18.0 Å². The van der Waals surface area contributed by atoms with Crippen molar-refractivity contribution in [3.63, 3.8) is 0 Å². The van der Waals surface area contributed by atoms with Crippen LogP contribution in [0.25, 0.3) is 0 Å². The minimum Gasteiger partial charge on any atom is -0.493 e. The molecule has 8 heteroatoms. The third-order valence-electron chi connectivity index (χ3n) is 2.05. The van der Waals surface area contributed by atoms with E-state index in [4.69, 9.17) is 10.5 Å². The largest absolute Gasteiger partial charge is 0.493 e. The Morgan fingerprint density at radius 1 is 1.30 bits per heavy atom. The number of benzene rings is 1. The molecular formula is C12H14F3NO3S. The maximum Gasteiger partial charge on any atom is 0.441 e. The summed E-state index contributed by atoms with van der Waals surface area (Å²) < 4.78 is 45.3. The fourth-order valence-electron chi connectivity index (χ4n) is 1.24. The first-order chi connectivity index (χ1) is 9.37. The normalized spacial score (nSPS) is 11.2. The first-order valence-electron chi connectivity index (χ1n) is 5.71. The number of thioether (sulfide) groups is 1. The Morgan fingerprint density at radius 3 is 2.70 bits per heavy atom. The number of nitrogen functional groups attached to an aromatic ring is 1. The molecule has 0 aliphatic heterocycles. The van der Waals surface area contributed by atoms with Gasteiger partial charge in [0.1, 0.15) is 12.4 Å². The molecule has 0 spiro atoms. The lowest BCUT2D eigenvalue weighted by molar-refractivity contribution is -0.143. The molecule has 0 amide bonds. The van der Waals surface area contributed by atoms with Gasteiger partial charge in [-0.15, -0.1) is 0 Å². The smallest absolute Gasteiger partial charge is 0.441 e. The van der Waals surface area contributed by atoms with E-state index in [2.05, 4.69) is 4.74 Å². The third kappa shape index (κ3) is 7.78. The van der Waals surface area contributed by atoms with Crippen LogP contribution in [0.2, 0.25) is 0 Å². The topological polar surface area (TPSA) is 61.5 Å². The van der Waals surface area contributed by atoms with Crippen molar-refractivity contribution >= 4 is 23.4 Å². The van der Waals surface area contributed by atoms with Crippen molar-refractivity contribution in [3.05, 3.63) is 24.3 Å². The van der Waals surface area contributed by atoms with E-state index in [0.29, 0.717) is 11.4 Å². The summed E-state index contributed by atoms with van der Waals surface area (Å²) in [5, 5.41) is 0. The lowest BCUT2D eigenvalue weighted by Crippen LogP contribution is -2.13. The van der Waals surface area contributed by atoms with Gasteiger partial charge in [-0.25, -0.2) is 0 Å². The number of carbonyl (C=O) groups excluding carboxylic acids is 1. The van der Waals surface area contributed by atoms with Gasteiger partial charge in [-0.05, 0) is 23.9 Å². The van der Waals surface area contributed by atoms with Gasteiger partial charge in [0.15, 0.2) is 0 Å². The van der Waals surface area contributed by atoms with Gasteiger partial charge in [-0.1, -0.05) is 6.07 Å². The zero-order valence-corrected chi connectivity index (χ0v) is 11.3. The molecule has 0 saturated carbocycles. The molecule has 0 fully saturated rings. The van der Waals surface area contributed by atoms with E-state index in [-0.39, 0.29) is 37.1 Å². The summed E-state index contributed by atoms with van der Waals surface area (Å²) in [6.07, 6.45) is -0.0362. The van der Waals surface area contributed by atoms with Crippen LogP contribution in [-0.2, 0) is 9.53 Å². The summed E-state index contributed by atoms with van der Waals surface area (Å²) in [5.74, 6) is -0.396. The molecule has 0 bridgehead atoms. The number of anilines is 1. The summed E-state index contributed by atoms with van der Waals surface area (Å²) in [6, 6.07) is 6.68. The number of alkyl halides is 3. The van der Waals surface area contributed by atoms with Gasteiger partial charge in [0.05, 0.1) is 13.0 Å². The van der Waals surface area contributed by atoms with E-state index in [1.54, 1.807) is 24.3 Å². The van der Waals surface area contributed by atoms with Gasteiger partial charge in [0, 0.05) is 17.5 Å². The van der Waals surface area contributed by atoms with Crippen molar-refractivity contribution in [3.8, 4) is 5.75 Å². The summed E-state index contributed by atoms with van der Waals surface area (Å²) in [6.45, 7) is -0.198. The lowest BCUT2D eigenvalue weighted by atomic mass is 10.3. The Morgan fingerprint density at radius 2 is 2.05 bits per heavy atom. The summed E-state index contributed by atoms with van der Waals surface area (Å²) in [5.41, 5.74) is 1.77. The molecule has 1 aromatic carbocycles. The Labute approximate surface area is 118 Å². The zero-order chi connectivity index (χ0) is 15.0. The van der Waals surface area contributed by atoms with Crippen LogP contribution >= 0.6 is 11.8 Å². The van der Waals surface area contributed by atoms with Crippen molar-refractivity contribution in [2.75, 3.05) is 24.7 Å². The van der Waals surface area contributed by atoms with Crippen LogP contribution in [0, 0.1) is 0 Å². The molecule has 0 aliphatic rings. The molecule has 0 saturated heterocycles. The molecule has 20 heavy (non-hydrogen) atoms. The molecule has 0 radical (unpaired) electrons. The Bertz CT molecular complexity index is 440. The highest BCUT2D eigenvalue weighted by Gasteiger charge is 2.27. The quantitative estimate of drug-likeness (QED) is 0.477. The van der Waals surface area contributed by atoms with Crippen LogP contribution in [0.5, 0.6) is 5.75 Å². The van der Waals surface area contributed by atoms with Crippen molar-refractivity contribution in [2.24, 2.45) is 0 Å². The van der Waals surface area contributed by atoms with Gasteiger partial charge in [-0.3, -0.25) is 4.79 Å². The maximum atomic E-state index is 11.8. The second-order valence-electron chi connectivity index (χ2n) is 3.69. The summed E-state index contributed by atoms with van der Waals surface area (Å²) >= 11 is -0.224. The molecule has 0 atom stereocenters. The van der Waals surface area contributed by atoms with Gasteiger partial charge >= 0.3 is 11.5 Å². The second-order valence-corrected chi connectivity index (χ2v) is 4.85. The van der Waals surface area contributed by atoms with Crippen LogP contribution in [0.3, 0.4) is 0 Å². The fourth-order valence-corrected chi connectivity index (χ4v) is 1.64. The number of carbonyl (C=O) groups is 1. The average molecular weight is 309 g/mol. The molecule has 1 aromatic rings. The zero-order valence-electron chi connectivity index (χ0n) is 10.5. The molecule has 4 nitrogen and oxygen atoms in total. The number of hydrogen-bond donors (Lipinski definition) is 1. The highest BCUT2D eigenvalue weighted by molar-refractivity contribution is 8.00. The predicted molar refractivity (Wildman–Crippen MR) is 70.4 cm³/mol. The van der Waals surface area contributed by atoms with Crippen molar-refractivity contribution in [2.45, 2.75) is 11.9 Å². The van der Waals surface area contributed by atoms with Crippen LogP contribution in [0.15, 0.2) is 24.3 Å². The SMILES string of the molecule is Nc1cccc(OCCC(=O)OCCSC(F)(F)F)c1. The summed E-state index contributed by atoms with van der Waals surface area (Å²) in [4.78, 5) is 11.2. The van der Waals surface area contributed by atoms with E-state index in [1.165, 1.54) is 0 Å². The molecule has 112 valence electrons. The van der Waals surface area contributed by atoms with E-state index in [0.717, 1.165) is 0 Å². The number of hydrogen-bond acceptors (Lipinski definition) is 5. The molecular weight excluding hydrogens is 295 g/mol. The highest BCUT2D eigenvalue weighted by atomic mass is 32.2. The van der Waals surface area contributed by atoms with Crippen molar-refractivity contribution < 1.29 is 27.4 Å². The third-order valence-corrected chi connectivity index (χ3v) is 2.74. The Balaban J connectivity index is 2.11. The lowest BCUT2D eigenvalue weighted by Gasteiger charge is -2.08. The van der Waals surface area contributed by atoms with Gasteiger partial charge in [0.25, 0.3) is 0 Å². The summed E-state index contributed by atoms with van der Waals surface area (Å²) in [7, 11) is 0. The predicted octanol–water partition coefficient (Wildman–Crippen LogP) is 2.83. The monoisotopic (exact) mass is 309 g/mol. The standard InChI is InChI=1S/C12H14F3NO3S/c13-12(14,15)20-7-6-19-11(17)4-5-18-10-3-1-2-9(16)8-10/h1-3,8H,4-7,16H2. The molecule has 1 rings (SSSR count). The molecule has 0 aliphatic carbocycles. The second kappa shape index (κ2) is 7.88. The number of ether oxygens (including phenoxy) is 2. The number of esters is 1. The molecule has 0 heterocycles. The Hall–Kier alpha value is -1.57. The van der Waals surface area contributed by atoms with E-state index < -0.39 is 11.5 Å². The maximum absolute atomic E-state index is 11.8. The van der Waals surface area contributed by atoms with E-state index >= 15 is 0 Å². The van der Waals surface area contributed by atoms with Gasteiger partial charge < -0.3 is 15.2 Å². The van der Waals surface area contributed by atoms with Gasteiger partial charge in [0.2, 0.25) is 0 Å². The first-order valence-corrected chi connectivity index (χ1v) is 6.70. The average Bonchev–Trinajstić information content (AvgIpc) is 2.34. The molecule has 0 aromatic heterocycles. The van der Waals surface area contributed by atoms with Crippen molar-refractivity contribution in [1.82, 2.24) is 0 Å². The van der Waals surface area contributed by atoms with Crippen molar-refractivity contribution in [1.29, 1.82) is 0 Å². The van der Waals surface area contributed by atoms with Crippen LogP contribution in [-0.4, -0.2) is 30.4 Å². The highest BCUT2D eigenvalue weighted by Crippen LogP contribution is 2.29. The van der Waals surface area contributed by atoms with Crippen LogP contribution < -0.4 is 10.5 Å². The number of halogens is 3. The first kappa shape index (κ1) is 16.5. The number of nitrogens with two attached hydrogens (primary N) is 1. The van der Waals surface area contributed by atoms with Crippen LogP contribution in [0.4, 0.5) is 18.9 Å². The fraction of sp³-hybridized carbons (Fsp3) is 0.417. The molecule has 2 N–H and O–H groups in total. The van der Waals surface area contributed by atoms with Gasteiger partial charge in [-0.2, -0.15) is 13.2 Å². The Kier molecular flexibility index (Phi) is 6.50. The molecule has 0 unspecified atom stereocenters. The number of rotatable bonds is 7.